The number of aromatic nitrogens is 1. The van der Waals surface area contributed by atoms with E-state index in [0.29, 0.717) is 32.0 Å². The van der Waals surface area contributed by atoms with Crippen LogP contribution in [0, 0.1) is 0 Å². The van der Waals surface area contributed by atoms with Crippen LogP contribution >= 0.6 is 11.3 Å². The molecule has 2 aromatic heterocycles. The second-order valence-corrected chi connectivity index (χ2v) is 5.93. The minimum absolute atomic E-state index is 0.0373. The third kappa shape index (κ3) is 3.76. The summed E-state index contributed by atoms with van der Waals surface area (Å²) in [4.78, 5) is 21.0. The van der Waals surface area contributed by atoms with Crippen LogP contribution in [0.5, 0.6) is 5.75 Å². The molecule has 23 heavy (non-hydrogen) atoms. The Kier molecular flexibility index (Phi) is 4.71. The van der Waals surface area contributed by atoms with E-state index in [1.54, 1.807) is 6.07 Å². The van der Waals surface area contributed by atoms with E-state index in [2.05, 4.69) is 9.72 Å². The van der Waals surface area contributed by atoms with E-state index in [4.69, 9.17) is 0 Å². The highest BCUT2D eigenvalue weighted by atomic mass is 32.1. The lowest BCUT2D eigenvalue weighted by atomic mass is 10.3. The molecule has 1 aliphatic heterocycles. The second kappa shape index (κ2) is 6.91. The fourth-order valence-corrected chi connectivity index (χ4v) is 3.12. The van der Waals surface area contributed by atoms with Crippen molar-refractivity contribution in [1.82, 2.24) is 9.88 Å². The van der Waals surface area contributed by atoms with Crippen molar-refractivity contribution >= 4 is 23.1 Å². The van der Waals surface area contributed by atoms with Crippen molar-refractivity contribution in [3.05, 3.63) is 40.7 Å². The maximum atomic E-state index is 12.3. The predicted molar refractivity (Wildman–Crippen MR) is 83.3 cm³/mol. The SMILES string of the molecule is O=C(c1cccs1)N1CCN(c2ccc(OC(F)F)cn2)CC1. The Hall–Kier alpha value is -2.22. The van der Waals surface area contributed by atoms with Crippen LogP contribution in [0.4, 0.5) is 14.6 Å². The zero-order valence-electron chi connectivity index (χ0n) is 12.2. The first-order chi connectivity index (χ1) is 11.1. The van der Waals surface area contributed by atoms with Crippen molar-refractivity contribution in [2.24, 2.45) is 0 Å². The minimum Gasteiger partial charge on any atom is -0.433 e. The summed E-state index contributed by atoms with van der Waals surface area (Å²) in [7, 11) is 0. The summed E-state index contributed by atoms with van der Waals surface area (Å²) in [6.45, 7) is -0.339. The van der Waals surface area contributed by atoms with E-state index in [9.17, 15) is 13.6 Å². The van der Waals surface area contributed by atoms with Gasteiger partial charge in [-0.3, -0.25) is 4.79 Å². The number of hydrogen-bond acceptors (Lipinski definition) is 5. The molecular formula is C15H15F2N3O2S. The first-order valence-electron chi connectivity index (χ1n) is 7.12. The maximum absolute atomic E-state index is 12.3. The molecular weight excluding hydrogens is 324 g/mol. The summed E-state index contributed by atoms with van der Waals surface area (Å²) in [6, 6.07) is 6.80. The van der Waals surface area contributed by atoms with Crippen molar-refractivity contribution in [3.63, 3.8) is 0 Å². The van der Waals surface area contributed by atoms with Crippen molar-refractivity contribution in [2.45, 2.75) is 6.61 Å². The number of halogens is 2. The molecule has 1 saturated heterocycles. The van der Waals surface area contributed by atoms with Gasteiger partial charge in [-0.05, 0) is 23.6 Å². The van der Waals surface area contributed by atoms with Crippen LogP contribution in [0.3, 0.4) is 0 Å². The Labute approximate surface area is 136 Å². The molecule has 0 spiro atoms. The number of carbonyl (C=O) groups excluding carboxylic acids is 1. The summed E-state index contributed by atoms with van der Waals surface area (Å²) < 4.78 is 28.5. The van der Waals surface area contributed by atoms with Gasteiger partial charge in [0.1, 0.15) is 11.6 Å². The molecule has 0 saturated carbocycles. The number of anilines is 1. The van der Waals surface area contributed by atoms with E-state index in [1.807, 2.05) is 27.3 Å². The van der Waals surface area contributed by atoms with Gasteiger partial charge < -0.3 is 14.5 Å². The summed E-state index contributed by atoms with van der Waals surface area (Å²) in [6.07, 6.45) is 1.28. The third-order valence-electron chi connectivity index (χ3n) is 3.57. The Morgan fingerprint density at radius 3 is 2.57 bits per heavy atom. The number of amides is 1. The number of thiophene rings is 1. The normalized spacial score (nSPS) is 15.1. The zero-order chi connectivity index (χ0) is 16.2. The first-order valence-corrected chi connectivity index (χ1v) is 8.00. The topological polar surface area (TPSA) is 45.7 Å². The van der Waals surface area contributed by atoms with E-state index >= 15 is 0 Å². The molecule has 0 atom stereocenters. The van der Waals surface area contributed by atoms with Gasteiger partial charge in [0.15, 0.2) is 0 Å². The summed E-state index contributed by atoms with van der Waals surface area (Å²) in [5.74, 6) is 0.776. The molecule has 0 N–H and O–H groups in total. The van der Waals surface area contributed by atoms with E-state index < -0.39 is 6.61 Å². The van der Waals surface area contributed by atoms with E-state index in [-0.39, 0.29) is 11.7 Å². The molecule has 1 fully saturated rings. The van der Waals surface area contributed by atoms with Gasteiger partial charge in [0.05, 0.1) is 11.1 Å². The van der Waals surface area contributed by atoms with Crippen molar-refractivity contribution < 1.29 is 18.3 Å². The maximum Gasteiger partial charge on any atom is 0.387 e. The van der Waals surface area contributed by atoms with Crippen LogP contribution in [0.1, 0.15) is 9.67 Å². The molecule has 0 radical (unpaired) electrons. The summed E-state index contributed by atoms with van der Waals surface area (Å²) >= 11 is 1.44. The number of pyridine rings is 1. The van der Waals surface area contributed by atoms with Gasteiger partial charge in [0, 0.05) is 26.2 Å². The number of alkyl halides is 2. The van der Waals surface area contributed by atoms with Crippen molar-refractivity contribution in [1.29, 1.82) is 0 Å². The molecule has 0 aliphatic carbocycles. The highest BCUT2D eigenvalue weighted by Crippen LogP contribution is 2.20. The predicted octanol–water partition coefficient (Wildman–Crippen LogP) is 2.71. The van der Waals surface area contributed by atoms with Crippen LogP contribution < -0.4 is 9.64 Å². The first kappa shape index (κ1) is 15.7. The van der Waals surface area contributed by atoms with Crippen LogP contribution in [0.15, 0.2) is 35.8 Å². The van der Waals surface area contributed by atoms with Crippen LogP contribution in [-0.2, 0) is 0 Å². The number of hydrogen-bond donors (Lipinski definition) is 0. The van der Waals surface area contributed by atoms with Crippen LogP contribution in [0.2, 0.25) is 0 Å². The molecule has 2 aromatic rings. The second-order valence-electron chi connectivity index (χ2n) is 4.99. The average Bonchev–Trinajstić information content (AvgIpc) is 3.09. The number of carbonyl (C=O) groups is 1. The Bertz CT molecular complexity index is 641. The monoisotopic (exact) mass is 339 g/mol. The van der Waals surface area contributed by atoms with Crippen LogP contribution in [0.25, 0.3) is 0 Å². The van der Waals surface area contributed by atoms with Crippen molar-refractivity contribution in [2.75, 3.05) is 31.1 Å². The lowest BCUT2D eigenvalue weighted by molar-refractivity contribution is -0.0500. The average molecular weight is 339 g/mol. The smallest absolute Gasteiger partial charge is 0.387 e. The molecule has 122 valence electrons. The molecule has 1 aliphatic rings. The largest absolute Gasteiger partial charge is 0.433 e. The lowest BCUT2D eigenvalue weighted by Crippen LogP contribution is -2.48. The molecule has 5 nitrogen and oxygen atoms in total. The van der Waals surface area contributed by atoms with Gasteiger partial charge in [0.25, 0.3) is 5.91 Å². The molecule has 0 aromatic carbocycles. The highest BCUT2D eigenvalue weighted by Gasteiger charge is 2.23. The van der Waals surface area contributed by atoms with E-state index in [1.165, 1.54) is 23.6 Å². The van der Waals surface area contributed by atoms with Gasteiger partial charge >= 0.3 is 6.61 Å². The van der Waals surface area contributed by atoms with E-state index in [0.717, 1.165) is 4.88 Å². The number of nitrogens with zero attached hydrogens (tertiary/aromatic N) is 3. The standard InChI is InChI=1S/C15H15F2N3O2S/c16-15(17)22-11-3-4-13(18-10-11)19-5-7-20(8-6-19)14(21)12-2-1-9-23-12/h1-4,9-10,15H,5-8H2. The molecule has 8 heteroatoms. The van der Waals surface area contributed by atoms with Gasteiger partial charge in [-0.25, -0.2) is 4.98 Å². The Morgan fingerprint density at radius 2 is 2.00 bits per heavy atom. The molecule has 1 amide bonds. The molecule has 3 rings (SSSR count). The number of piperazine rings is 1. The van der Waals surface area contributed by atoms with Gasteiger partial charge in [-0.2, -0.15) is 8.78 Å². The minimum atomic E-state index is -2.85. The molecule has 3 heterocycles. The number of rotatable bonds is 4. The Morgan fingerprint density at radius 1 is 1.22 bits per heavy atom. The lowest BCUT2D eigenvalue weighted by Gasteiger charge is -2.35. The third-order valence-corrected chi connectivity index (χ3v) is 4.43. The summed E-state index contributed by atoms with van der Waals surface area (Å²) in [5, 5.41) is 1.89. The Balaban J connectivity index is 1.57. The number of ether oxygens (including phenoxy) is 1. The van der Waals surface area contributed by atoms with Crippen molar-refractivity contribution in [3.8, 4) is 5.75 Å². The fourth-order valence-electron chi connectivity index (χ4n) is 2.43. The quantitative estimate of drug-likeness (QED) is 0.859. The van der Waals surface area contributed by atoms with Gasteiger partial charge in [-0.15, -0.1) is 11.3 Å². The summed E-state index contributed by atoms with van der Waals surface area (Å²) in [5.41, 5.74) is 0. The van der Waals surface area contributed by atoms with Gasteiger partial charge in [0.2, 0.25) is 0 Å². The van der Waals surface area contributed by atoms with Gasteiger partial charge in [-0.1, -0.05) is 6.07 Å². The molecule has 0 bridgehead atoms. The van der Waals surface area contributed by atoms with Crippen LogP contribution in [-0.4, -0.2) is 48.6 Å². The fraction of sp³-hybridized carbons (Fsp3) is 0.333. The zero-order valence-corrected chi connectivity index (χ0v) is 13.0. The molecule has 0 unspecified atom stereocenters. The highest BCUT2D eigenvalue weighted by molar-refractivity contribution is 7.12.